The zero-order valence-electron chi connectivity index (χ0n) is 12.5. The van der Waals surface area contributed by atoms with E-state index in [0.717, 1.165) is 0 Å². The van der Waals surface area contributed by atoms with E-state index in [-0.39, 0.29) is 59.5 Å². The van der Waals surface area contributed by atoms with Gasteiger partial charge in [0.2, 0.25) is 0 Å². The molecule has 0 saturated carbocycles. The van der Waals surface area contributed by atoms with E-state index in [1.807, 2.05) is 0 Å². The van der Waals surface area contributed by atoms with Gasteiger partial charge in [0.1, 0.15) is 5.02 Å². The van der Waals surface area contributed by atoms with Crippen LogP contribution in [0.5, 0.6) is 11.5 Å². The second kappa shape index (κ2) is 10.2. The number of hydrogen-bond donors (Lipinski definition) is 3. The first kappa shape index (κ1) is 23.6. The van der Waals surface area contributed by atoms with Crippen LogP contribution in [0.2, 0.25) is 35.2 Å². The van der Waals surface area contributed by atoms with Crippen molar-refractivity contribution >= 4 is 87.2 Å². The van der Waals surface area contributed by atoms with Gasteiger partial charge in [0.15, 0.2) is 11.5 Å². The molecule has 0 aromatic heterocycles. The van der Waals surface area contributed by atoms with Crippen LogP contribution in [0.25, 0.3) is 0 Å². The summed E-state index contributed by atoms with van der Waals surface area (Å²) in [5.74, 6) is -1.48. The van der Waals surface area contributed by atoms with Crippen LogP contribution < -0.4 is 0 Å². The van der Waals surface area contributed by atoms with Gasteiger partial charge in [-0.2, -0.15) is 0 Å². The van der Waals surface area contributed by atoms with Crippen molar-refractivity contribution in [3.63, 3.8) is 0 Å². The zero-order chi connectivity index (χ0) is 20.2. The van der Waals surface area contributed by atoms with Crippen molar-refractivity contribution < 1.29 is 20.1 Å². The van der Waals surface area contributed by atoms with Crippen molar-refractivity contribution in [3.8, 4) is 11.5 Å². The molecule has 0 saturated heterocycles. The summed E-state index contributed by atoms with van der Waals surface area (Å²) in [5, 5.41) is 27.7. The fourth-order valence-electron chi connectivity index (χ4n) is 1.64. The number of phenols is 2. The number of benzene rings is 2. The van der Waals surface area contributed by atoms with Crippen LogP contribution >= 0.6 is 81.2 Å². The highest BCUT2D eigenvalue weighted by atomic mass is 35.5. The van der Waals surface area contributed by atoms with Crippen molar-refractivity contribution in [1.29, 1.82) is 0 Å². The standard InChI is InChI=1S/C9H7Cl3O3.C6H2Cl4O/c10-5-3-6(11)9(15)8(12)4(5)1-2-7(13)14;7-2-1-3(8)6(11)5(10)4(2)9/h3,15H,1-2H2,(H,13,14);1,11H. The Morgan fingerprint density at radius 1 is 0.731 bits per heavy atom. The largest absolute Gasteiger partial charge is 0.505 e. The molecule has 2 aromatic rings. The average molecular weight is 501 g/mol. The van der Waals surface area contributed by atoms with Gasteiger partial charge in [0, 0.05) is 11.4 Å². The summed E-state index contributed by atoms with van der Waals surface area (Å²) in [7, 11) is 0. The predicted octanol–water partition coefficient (Wildman–Crippen LogP) is 7.38. The fourth-order valence-corrected chi connectivity index (χ4v) is 3.50. The van der Waals surface area contributed by atoms with E-state index in [4.69, 9.17) is 91.4 Å². The van der Waals surface area contributed by atoms with Gasteiger partial charge >= 0.3 is 5.97 Å². The van der Waals surface area contributed by atoms with Crippen LogP contribution in [0, 0.1) is 0 Å². The molecule has 0 unspecified atom stereocenters. The highest BCUT2D eigenvalue weighted by molar-refractivity contribution is 6.50. The minimum Gasteiger partial charge on any atom is -0.505 e. The number of hydrogen-bond acceptors (Lipinski definition) is 3. The number of carboxylic acid groups (broad SMARTS) is 1. The Morgan fingerprint density at radius 3 is 1.69 bits per heavy atom. The van der Waals surface area contributed by atoms with Crippen molar-refractivity contribution in [1.82, 2.24) is 0 Å². The van der Waals surface area contributed by atoms with E-state index in [1.54, 1.807) is 0 Å². The summed E-state index contributed by atoms with van der Waals surface area (Å²) < 4.78 is 0. The molecule has 2 rings (SSSR count). The molecule has 0 spiro atoms. The molecule has 3 N–H and O–H groups in total. The van der Waals surface area contributed by atoms with Gasteiger partial charge in [-0.3, -0.25) is 4.79 Å². The lowest BCUT2D eigenvalue weighted by molar-refractivity contribution is -0.136. The molecule has 0 aliphatic carbocycles. The van der Waals surface area contributed by atoms with Crippen molar-refractivity contribution in [3.05, 3.63) is 52.9 Å². The van der Waals surface area contributed by atoms with E-state index in [2.05, 4.69) is 0 Å². The lowest BCUT2D eigenvalue weighted by Gasteiger charge is -2.08. The summed E-state index contributed by atoms with van der Waals surface area (Å²) in [6.45, 7) is 0. The minimum absolute atomic E-state index is 0.00810. The lowest BCUT2D eigenvalue weighted by atomic mass is 10.1. The van der Waals surface area contributed by atoms with Crippen LogP contribution in [0.4, 0.5) is 0 Å². The number of aliphatic carboxylic acids is 1. The summed E-state index contributed by atoms with van der Waals surface area (Å²) in [6, 6.07) is 2.66. The van der Waals surface area contributed by atoms with Crippen molar-refractivity contribution in [2.75, 3.05) is 0 Å². The van der Waals surface area contributed by atoms with E-state index in [9.17, 15) is 9.90 Å². The van der Waals surface area contributed by atoms with Gasteiger partial charge in [-0.1, -0.05) is 81.2 Å². The quantitative estimate of drug-likeness (QED) is 0.303. The van der Waals surface area contributed by atoms with Crippen LogP contribution in [0.3, 0.4) is 0 Å². The monoisotopic (exact) mass is 498 g/mol. The van der Waals surface area contributed by atoms with Crippen LogP contribution in [0.15, 0.2) is 12.1 Å². The number of halogens is 7. The molecule has 0 fully saturated rings. The number of carbonyl (C=O) groups is 1. The molecule has 26 heavy (non-hydrogen) atoms. The number of rotatable bonds is 3. The van der Waals surface area contributed by atoms with Gasteiger partial charge in [0.25, 0.3) is 0 Å². The highest BCUT2D eigenvalue weighted by Gasteiger charge is 2.15. The number of aromatic hydroxyl groups is 2. The zero-order valence-corrected chi connectivity index (χ0v) is 17.8. The summed E-state index contributed by atoms with van der Waals surface area (Å²) in [5.41, 5.74) is 0.391. The highest BCUT2D eigenvalue weighted by Crippen LogP contribution is 2.41. The second-order valence-electron chi connectivity index (χ2n) is 4.69. The number of carboxylic acids is 1. The van der Waals surface area contributed by atoms with Crippen molar-refractivity contribution in [2.45, 2.75) is 12.8 Å². The molecule has 0 bridgehead atoms. The first-order chi connectivity index (χ1) is 12.0. The summed E-state index contributed by atoms with van der Waals surface area (Å²) >= 11 is 39.4. The third-order valence-electron chi connectivity index (χ3n) is 2.92. The SMILES string of the molecule is O=C(O)CCc1c(Cl)cc(Cl)c(O)c1Cl.Oc1c(Cl)cc(Cl)c(Cl)c1Cl. The molecule has 0 amide bonds. The molecule has 0 aliphatic rings. The summed E-state index contributed by atoms with van der Waals surface area (Å²) in [6.07, 6.45) is 0.0399. The van der Waals surface area contributed by atoms with Gasteiger partial charge in [-0.15, -0.1) is 0 Å². The molecule has 4 nitrogen and oxygen atoms in total. The molecule has 2 aromatic carbocycles. The Kier molecular flexibility index (Phi) is 9.24. The van der Waals surface area contributed by atoms with E-state index < -0.39 is 5.97 Å². The fraction of sp³-hybridized carbons (Fsp3) is 0.133. The molecule has 0 aliphatic heterocycles. The van der Waals surface area contributed by atoms with Crippen LogP contribution in [-0.4, -0.2) is 21.3 Å². The predicted molar refractivity (Wildman–Crippen MR) is 107 cm³/mol. The Labute approximate surface area is 183 Å². The maximum atomic E-state index is 10.4. The van der Waals surface area contributed by atoms with Crippen molar-refractivity contribution in [2.24, 2.45) is 0 Å². The Bertz CT molecular complexity index is 813. The molecule has 11 heteroatoms. The Morgan fingerprint density at radius 2 is 1.19 bits per heavy atom. The minimum atomic E-state index is -0.962. The molecular formula is C15H9Cl7O4. The van der Waals surface area contributed by atoms with Crippen LogP contribution in [-0.2, 0) is 11.2 Å². The van der Waals surface area contributed by atoms with Gasteiger partial charge in [0.05, 0.1) is 25.1 Å². The lowest BCUT2D eigenvalue weighted by Crippen LogP contribution is -1.99. The molecule has 0 radical (unpaired) electrons. The smallest absolute Gasteiger partial charge is 0.303 e. The third kappa shape index (κ3) is 6.03. The van der Waals surface area contributed by atoms with Gasteiger partial charge in [-0.05, 0) is 24.1 Å². The van der Waals surface area contributed by atoms with Crippen LogP contribution in [0.1, 0.15) is 12.0 Å². The van der Waals surface area contributed by atoms with Gasteiger partial charge in [-0.25, -0.2) is 0 Å². The molecular weight excluding hydrogens is 492 g/mol. The summed E-state index contributed by atoms with van der Waals surface area (Å²) in [4.78, 5) is 10.4. The van der Waals surface area contributed by atoms with E-state index in [1.165, 1.54) is 12.1 Å². The Balaban J connectivity index is 0.000000273. The third-order valence-corrected chi connectivity index (χ3v) is 5.49. The molecule has 142 valence electrons. The Hall–Kier alpha value is -0.460. The topological polar surface area (TPSA) is 77.8 Å². The number of phenolic OH excluding ortho intramolecular Hbond substituents is 2. The molecule has 0 heterocycles. The first-order valence-electron chi connectivity index (χ1n) is 6.56. The van der Waals surface area contributed by atoms with E-state index in [0.29, 0.717) is 5.56 Å². The van der Waals surface area contributed by atoms with E-state index >= 15 is 0 Å². The maximum absolute atomic E-state index is 10.4. The second-order valence-corrected chi connectivity index (χ2v) is 7.45. The normalized spacial score (nSPS) is 10.3. The maximum Gasteiger partial charge on any atom is 0.303 e. The molecule has 0 atom stereocenters. The first-order valence-corrected chi connectivity index (χ1v) is 9.21. The average Bonchev–Trinajstić information content (AvgIpc) is 2.56. The van der Waals surface area contributed by atoms with Gasteiger partial charge < -0.3 is 15.3 Å².